The van der Waals surface area contributed by atoms with E-state index in [1.807, 2.05) is 6.07 Å². The highest BCUT2D eigenvalue weighted by Gasteiger charge is 2.29. The molecule has 1 aromatic carbocycles. The molecule has 0 radical (unpaired) electrons. The molecule has 2 heterocycles. The van der Waals surface area contributed by atoms with Crippen molar-refractivity contribution in [3.05, 3.63) is 54.0 Å². The second kappa shape index (κ2) is 7.01. The van der Waals surface area contributed by atoms with Gasteiger partial charge in [-0.2, -0.15) is 5.26 Å². The van der Waals surface area contributed by atoms with E-state index in [0.29, 0.717) is 29.9 Å². The maximum absolute atomic E-state index is 12.5. The minimum absolute atomic E-state index is 0.118. The third-order valence-corrected chi connectivity index (χ3v) is 4.11. The van der Waals surface area contributed by atoms with Crippen LogP contribution in [0.25, 0.3) is 0 Å². The van der Waals surface area contributed by atoms with Gasteiger partial charge >= 0.3 is 0 Å². The summed E-state index contributed by atoms with van der Waals surface area (Å²) in [5.41, 5.74) is 1.59. The summed E-state index contributed by atoms with van der Waals surface area (Å²) in [7, 11) is 0. The molecule has 2 aromatic rings. The Kier molecular flexibility index (Phi) is 4.62. The fourth-order valence-electron chi connectivity index (χ4n) is 2.86. The van der Waals surface area contributed by atoms with Crippen molar-refractivity contribution in [2.45, 2.75) is 12.8 Å². The van der Waals surface area contributed by atoms with E-state index in [0.717, 1.165) is 12.8 Å². The highest BCUT2D eigenvalue weighted by molar-refractivity contribution is 5.96. The van der Waals surface area contributed by atoms with Crippen LogP contribution in [0, 0.1) is 17.2 Å². The number of nitrogens with one attached hydrogen (secondary N) is 1. The normalized spacial score (nSPS) is 17.1. The summed E-state index contributed by atoms with van der Waals surface area (Å²) in [6.45, 7) is 1.02. The summed E-state index contributed by atoms with van der Waals surface area (Å²) in [5.74, 6) is -0.511. The van der Waals surface area contributed by atoms with E-state index in [9.17, 15) is 9.59 Å². The van der Waals surface area contributed by atoms with E-state index in [-0.39, 0.29) is 17.7 Å². The van der Waals surface area contributed by atoms with Gasteiger partial charge in [-0.15, -0.1) is 0 Å². The number of benzene rings is 1. The van der Waals surface area contributed by atoms with Gasteiger partial charge in [0.25, 0.3) is 5.91 Å². The van der Waals surface area contributed by atoms with E-state index in [1.54, 1.807) is 35.2 Å². The van der Waals surface area contributed by atoms with Gasteiger partial charge in [0.2, 0.25) is 5.91 Å². The Morgan fingerprint density at radius 3 is 2.96 bits per heavy atom. The van der Waals surface area contributed by atoms with Crippen LogP contribution in [0.1, 0.15) is 28.8 Å². The fraction of sp³-hybridized carbons (Fsp3) is 0.278. The van der Waals surface area contributed by atoms with Gasteiger partial charge in [-0.25, -0.2) is 0 Å². The molecule has 1 saturated heterocycles. The number of hydrogen-bond acceptors (Lipinski definition) is 4. The van der Waals surface area contributed by atoms with Crippen LogP contribution in [-0.4, -0.2) is 29.8 Å². The second-order valence-corrected chi connectivity index (χ2v) is 5.78. The fourth-order valence-corrected chi connectivity index (χ4v) is 2.86. The number of carbonyl (C=O) groups is 2. The van der Waals surface area contributed by atoms with Crippen LogP contribution in [-0.2, 0) is 4.79 Å². The number of likely N-dealkylation sites (tertiary alicyclic amines) is 1. The Hall–Kier alpha value is -3.07. The molecule has 1 aromatic heterocycles. The lowest BCUT2D eigenvalue weighted by Gasteiger charge is -2.31. The largest absolute Gasteiger partial charge is 0.472 e. The summed E-state index contributed by atoms with van der Waals surface area (Å²) in [6, 6.07) is 10.5. The van der Waals surface area contributed by atoms with E-state index < -0.39 is 0 Å². The van der Waals surface area contributed by atoms with Crippen molar-refractivity contribution in [3.63, 3.8) is 0 Å². The SMILES string of the molecule is N#Cc1cccc(NC(=O)[C@H]2CCCN(C(=O)c3ccoc3)C2)c1. The molecule has 0 unspecified atom stereocenters. The molecule has 0 spiro atoms. The molecule has 24 heavy (non-hydrogen) atoms. The molecular formula is C18H17N3O3. The number of nitriles is 1. The molecule has 1 aliphatic rings. The van der Waals surface area contributed by atoms with Gasteiger partial charge in [-0.3, -0.25) is 9.59 Å². The van der Waals surface area contributed by atoms with E-state index >= 15 is 0 Å². The van der Waals surface area contributed by atoms with Crippen LogP contribution >= 0.6 is 0 Å². The van der Waals surface area contributed by atoms with Crippen LogP contribution in [0.4, 0.5) is 5.69 Å². The number of furan rings is 1. The molecule has 1 atom stereocenters. The molecule has 6 nitrogen and oxygen atoms in total. The summed E-state index contributed by atoms with van der Waals surface area (Å²) in [6.07, 6.45) is 4.39. The van der Waals surface area contributed by atoms with Crippen molar-refractivity contribution in [2.24, 2.45) is 5.92 Å². The first-order valence-corrected chi connectivity index (χ1v) is 7.80. The number of rotatable bonds is 3. The van der Waals surface area contributed by atoms with E-state index in [2.05, 4.69) is 5.32 Å². The number of amides is 2. The Morgan fingerprint density at radius 1 is 1.33 bits per heavy atom. The number of anilines is 1. The van der Waals surface area contributed by atoms with Gasteiger partial charge in [0.15, 0.2) is 0 Å². The monoisotopic (exact) mass is 323 g/mol. The third kappa shape index (κ3) is 3.46. The second-order valence-electron chi connectivity index (χ2n) is 5.78. The molecule has 3 rings (SSSR count). The van der Waals surface area contributed by atoms with Crippen LogP contribution in [0.5, 0.6) is 0 Å². The molecule has 0 bridgehead atoms. The predicted octanol–water partition coefficient (Wildman–Crippen LogP) is 2.64. The van der Waals surface area contributed by atoms with Gasteiger partial charge in [0, 0.05) is 18.8 Å². The molecular weight excluding hydrogens is 306 g/mol. The van der Waals surface area contributed by atoms with Crippen molar-refractivity contribution in [1.82, 2.24) is 4.90 Å². The Bertz CT molecular complexity index is 777. The maximum Gasteiger partial charge on any atom is 0.257 e. The van der Waals surface area contributed by atoms with E-state index in [4.69, 9.17) is 9.68 Å². The topological polar surface area (TPSA) is 86.3 Å². The summed E-state index contributed by atoms with van der Waals surface area (Å²) in [5, 5.41) is 11.8. The lowest BCUT2D eigenvalue weighted by molar-refractivity contribution is -0.121. The molecule has 1 N–H and O–H groups in total. The number of carbonyl (C=O) groups excluding carboxylic acids is 2. The zero-order valence-electron chi connectivity index (χ0n) is 13.1. The molecule has 122 valence electrons. The first kappa shape index (κ1) is 15.8. The maximum atomic E-state index is 12.5. The van der Waals surface area contributed by atoms with E-state index in [1.165, 1.54) is 12.5 Å². The lowest BCUT2D eigenvalue weighted by Crippen LogP contribution is -2.43. The van der Waals surface area contributed by atoms with Gasteiger partial charge < -0.3 is 14.6 Å². The lowest BCUT2D eigenvalue weighted by atomic mass is 9.96. The van der Waals surface area contributed by atoms with Crippen molar-refractivity contribution < 1.29 is 14.0 Å². The number of hydrogen-bond donors (Lipinski definition) is 1. The van der Waals surface area contributed by atoms with Crippen molar-refractivity contribution >= 4 is 17.5 Å². The third-order valence-electron chi connectivity index (χ3n) is 4.11. The Labute approximate surface area is 139 Å². The van der Waals surface area contributed by atoms with Crippen LogP contribution in [0.3, 0.4) is 0 Å². The summed E-state index contributed by atoms with van der Waals surface area (Å²) in [4.78, 5) is 26.5. The molecule has 2 amide bonds. The van der Waals surface area contributed by atoms with Crippen LogP contribution in [0.2, 0.25) is 0 Å². The minimum atomic E-state index is -0.264. The standard InChI is InChI=1S/C18H17N3O3/c19-10-13-3-1-5-16(9-13)20-17(22)14-4-2-7-21(11-14)18(23)15-6-8-24-12-15/h1,3,5-6,8-9,12,14H,2,4,7,11H2,(H,20,22)/t14-/m0/s1. The first-order valence-electron chi connectivity index (χ1n) is 7.80. The van der Waals surface area contributed by atoms with Gasteiger partial charge in [0.05, 0.1) is 29.4 Å². The highest BCUT2D eigenvalue weighted by atomic mass is 16.3. The first-order chi connectivity index (χ1) is 11.7. The smallest absolute Gasteiger partial charge is 0.257 e. The average molecular weight is 323 g/mol. The molecule has 6 heteroatoms. The van der Waals surface area contributed by atoms with Crippen LogP contribution < -0.4 is 5.32 Å². The van der Waals surface area contributed by atoms with Crippen molar-refractivity contribution in [3.8, 4) is 6.07 Å². The number of nitrogens with zero attached hydrogens (tertiary/aromatic N) is 2. The van der Waals surface area contributed by atoms with Crippen molar-refractivity contribution in [2.75, 3.05) is 18.4 Å². The van der Waals surface area contributed by atoms with Crippen molar-refractivity contribution in [1.29, 1.82) is 5.26 Å². The highest BCUT2D eigenvalue weighted by Crippen LogP contribution is 2.21. The molecule has 1 aliphatic heterocycles. The van der Waals surface area contributed by atoms with Gasteiger partial charge in [0.1, 0.15) is 6.26 Å². The Balaban J connectivity index is 1.64. The van der Waals surface area contributed by atoms with Crippen LogP contribution in [0.15, 0.2) is 47.3 Å². The quantitative estimate of drug-likeness (QED) is 0.940. The zero-order valence-corrected chi connectivity index (χ0v) is 13.1. The summed E-state index contributed by atoms with van der Waals surface area (Å²) >= 11 is 0. The molecule has 0 aliphatic carbocycles. The average Bonchev–Trinajstić information content (AvgIpc) is 3.16. The van der Waals surface area contributed by atoms with Gasteiger partial charge in [-0.1, -0.05) is 6.07 Å². The Morgan fingerprint density at radius 2 is 2.21 bits per heavy atom. The minimum Gasteiger partial charge on any atom is -0.472 e. The molecule has 1 fully saturated rings. The summed E-state index contributed by atoms with van der Waals surface area (Å²) < 4.78 is 4.95. The zero-order chi connectivity index (χ0) is 16.9. The van der Waals surface area contributed by atoms with Gasteiger partial charge in [-0.05, 0) is 37.1 Å². The predicted molar refractivity (Wildman–Crippen MR) is 87.1 cm³/mol. The molecule has 0 saturated carbocycles. The number of piperidine rings is 1.